The van der Waals surface area contributed by atoms with Gasteiger partial charge in [0.05, 0.1) is 24.9 Å². The first-order valence-corrected chi connectivity index (χ1v) is 6.10. The molecule has 7 heteroatoms. The molecule has 3 aromatic rings. The first kappa shape index (κ1) is 10.6. The molecule has 0 N–H and O–H groups in total. The van der Waals surface area contributed by atoms with E-state index in [-0.39, 0.29) is 5.92 Å². The molecule has 19 heavy (non-hydrogen) atoms. The third-order valence-corrected chi connectivity index (χ3v) is 3.27. The van der Waals surface area contributed by atoms with Crippen LogP contribution in [0.5, 0.6) is 0 Å². The molecule has 0 radical (unpaired) electrons. The minimum absolute atomic E-state index is 0.210. The van der Waals surface area contributed by atoms with Gasteiger partial charge in [-0.15, -0.1) is 0 Å². The Bertz CT molecular complexity index is 714. The average Bonchev–Trinajstić information content (AvgIpc) is 3.18. The van der Waals surface area contributed by atoms with Crippen molar-refractivity contribution in [2.45, 2.75) is 12.3 Å². The molecule has 0 unspecified atom stereocenters. The molecule has 0 saturated carbocycles. The van der Waals surface area contributed by atoms with E-state index in [0.717, 1.165) is 24.4 Å². The third-order valence-electron chi connectivity index (χ3n) is 3.27. The highest BCUT2D eigenvalue weighted by atomic mass is 16.5. The van der Waals surface area contributed by atoms with Gasteiger partial charge in [-0.05, 0) is 6.42 Å². The van der Waals surface area contributed by atoms with E-state index in [1.54, 1.807) is 18.6 Å². The molecule has 1 fully saturated rings. The molecule has 1 atom stereocenters. The zero-order valence-corrected chi connectivity index (χ0v) is 10.1. The fourth-order valence-corrected chi connectivity index (χ4v) is 2.24. The standard InChI is InChI=1S/C12H11N5O2/c1-4-18-7-8(1)12-15-11(16-19-12)9-5-14-10-6-13-2-3-17(9)10/h2-3,5-6,8H,1,4,7H2/t8-/m0/s1. The predicted molar refractivity (Wildman–Crippen MR) is 64.5 cm³/mol. The van der Waals surface area contributed by atoms with Crippen LogP contribution in [0.4, 0.5) is 0 Å². The van der Waals surface area contributed by atoms with Crippen LogP contribution >= 0.6 is 0 Å². The molecular formula is C12H11N5O2. The number of aromatic nitrogens is 5. The Morgan fingerprint density at radius 1 is 1.32 bits per heavy atom. The number of nitrogens with zero attached hydrogens (tertiary/aromatic N) is 5. The highest BCUT2D eigenvalue weighted by molar-refractivity contribution is 5.55. The van der Waals surface area contributed by atoms with Crippen LogP contribution < -0.4 is 0 Å². The molecule has 0 aliphatic carbocycles. The average molecular weight is 257 g/mol. The Kier molecular flexibility index (Phi) is 2.31. The summed E-state index contributed by atoms with van der Waals surface area (Å²) in [5.74, 6) is 1.39. The molecular weight excluding hydrogens is 246 g/mol. The largest absolute Gasteiger partial charge is 0.381 e. The zero-order valence-electron chi connectivity index (χ0n) is 10.1. The van der Waals surface area contributed by atoms with Gasteiger partial charge in [0, 0.05) is 19.0 Å². The van der Waals surface area contributed by atoms with Gasteiger partial charge >= 0.3 is 0 Å². The van der Waals surface area contributed by atoms with E-state index in [1.165, 1.54) is 0 Å². The van der Waals surface area contributed by atoms with E-state index < -0.39 is 0 Å². The number of hydrogen-bond acceptors (Lipinski definition) is 6. The maximum atomic E-state index is 5.33. The quantitative estimate of drug-likeness (QED) is 0.688. The van der Waals surface area contributed by atoms with Crippen LogP contribution in [-0.4, -0.2) is 37.7 Å². The summed E-state index contributed by atoms with van der Waals surface area (Å²) in [6.07, 6.45) is 7.86. The maximum Gasteiger partial charge on any atom is 0.232 e. The fourth-order valence-electron chi connectivity index (χ4n) is 2.24. The van der Waals surface area contributed by atoms with Crippen LogP contribution in [0, 0.1) is 0 Å². The third kappa shape index (κ3) is 1.70. The fraction of sp³-hybridized carbons (Fsp3) is 0.333. The molecule has 96 valence electrons. The smallest absolute Gasteiger partial charge is 0.232 e. The van der Waals surface area contributed by atoms with Crippen molar-refractivity contribution in [2.75, 3.05) is 13.2 Å². The van der Waals surface area contributed by atoms with Crippen molar-refractivity contribution in [3.63, 3.8) is 0 Å². The van der Waals surface area contributed by atoms with Crippen LogP contribution in [0.15, 0.2) is 29.3 Å². The molecule has 0 aromatic carbocycles. The summed E-state index contributed by atoms with van der Waals surface area (Å²) >= 11 is 0. The molecule has 1 aliphatic heterocycles. The van der Waals surface area contributed by atoms with Gasteiger partial charge in [-0.2, -0.15) is 4.98 Å². The first-order valence-electron chi connectivity index (χ1n) is 6.10. The zero-order chi connectivity index (χ0) is 12.7. The lowest BCUT2D eigenvalue weighted by Crippen LogP contribution is -1.97. The Hall–Kier alpha value is -2.28. The molecule has 1 saturated heterocycles. The molecule has 4 heterocycles. The van der Waals surface area contributed by atoms with Crippen molar-refractivity contribution in [2.24, 2.45) is 0 Å². The second kappa shape index (κ2) is 4.13. The van der Waals surface area contributed by atoms with Gasteiger partial charge < -0.3 is 9.26 Å². The van der Waals surface area contributed by atoms with Gasteiger partial charge in [-0.25, -0.2) is 4.98 Å². The molecule has 0 amide bonds. The Balaban J connectivity index is 1.76. The van der Waals surface area contributed by atoms with E-state index in [9.17, 15) is 0 Å². The number of imidazole rings is 1. The highest BCUT2D eigenvalue weighted by Crippen LogP contribution is 2.26. The molecule has 0 bridgehead atoms. The van der Waals surface area contributed by atoms with Crippen LogP contribution in [0.1, 0.15) is 18.2 Å². The molecule has 3 aromatic heterocycles. The first-order chi connectivity index (χ1) is 9.42. The minimum Gasteiger partial charge on any atom is -0.381 e. The molecule has 1 aliphatic rings. The Labute approximate surface area is 108 Å². The topological polar surface area (TPSA) is 78.3 Å². The number of hydrogen-bond donors (Lipinski definition) is 0. The van der Waals surface area contributed by atoms with Crippen molar-refractivity contribution in [1.29, 1.82) is 0 Å². The van der Waals surface area contributed by atoms with E-state index in [0.29, 0.717) is 18.3 Å². The van der Waals surface area contributed by atoms with Gasteiger partial charge in [-0.3, -0.25) is 9.38 Å². The van der Waals surface area contributed by atoms with Gasteiger partial charge in [0.1, 0.15) is 5.69 Å². The lowest BCUT2D eigenvalue weighted by molar-refractivity contribution is 0.189. The van der Waals surface area contributed by atoms with Crippen molar-refractivity contribution in [3.05, 3.63) is 30.7 Å². The maximum absolute atomic E-state index is 5.33. The lowest BCUT2D eigenvalue weighted by Gasteiger charge is -1.97. The monoisotopic (exact) mass is 257 g/mol. The van der Waals surface area contributed by atoms with Crippen LogP contribution in [0.2, 0.25) is 0 Å². The summed E-state index contributed by atoms with van der Waals surface area (Å²) in [7, 11) is 0. The van der Waals surface area contributed by atoms with E-state index in [4.69, 9.17) is 9.26 Å². The summed E-state index contributed by atoms with van der Waals surface area (Å²) in [5, 5.41) is 4.03. The summed E-state index contributed by atoms with van der Waals surface area (Å²) in [6.45, 7) is 1.41. The van der Waals surface area contributed by atoms with Gasteiger partial charge in [-0.1, -0.05) is 5.16 Å². The second-order valence-corrected chi connectivity index (χ2v) is 4.46. The van der Waals surface area contributed by atoms with Crippen LogP contribution in [0.3, 0.4) is 0 Å². The summed E-state index contributed by atoms with van der Waals surface area (Å²) < 4.78 is 12.5. The van der Waals surface area contributed by atoms with Crippen molar-refractivity contribution in [3.8, 4) is 11.5 Å². The number of rotatable bonds is 2. The van der Waals surface area contributed by atoms with Crippen molar-refractivity contribution in [1.82, 2.24) is 24.5 Å². The number of fused-ring (bicyclic) bond motifs is 1. The summed E-state index contributed by atoms with van der Waals surface area (Å²) in [5.41, 5.74) is 1.55. The van der Waals surface area contributed by atoms with Crippen molar-refractivity contribution < 1.29 is 9.26 Å². The summed E-state index contributed by atoms with van der Waals surface area (Å²) in [6, 6.07) is 0. The number of ether oxygens (including phenoxy) is 1. The van der Waals surface area contributed by atoms with Crippen LogP contribution in [0.25, 0.3) is 17.2 Å². The lowest BCUT2D eigenvalue weighted by atomic mass is 10.1. The highest BCUT2D eigenvalue weighted by Gasteiger charge is 2.24. The summed E-state index contributed by atoms with van der Waals surface area (Å²) in [4.78, 5) is 12.7. The Morgan fingerprint density at radius 2 is 2.32 bits per heavy atom. The second-order valence-electron chi connectivity index (χ2n) is 4.46. The van der Waals surface area contributed by atoms with Gasteiger partial charge in [0.15, 0.2) is 5.65 Å². The van der Waals surface area contributed by atoms with E-state index >= 15 is 0 Å². The van der Waals surface area contributed by atoms with Crippen LogP contribution in [-0.2, 0) is 4.74 Å². The van der Waals surface area contributed by atoms with E-state index in [1.807, 2.05) is 10.6 Å². The SMILES string of the molecule is c1cn2c(-c3noc([C@H]4CCOC4)n3)cnc2cn1. The molecule has 0 spiro atoms. The normalized spacial score (nSPS) is 19.3. The predicted octanol–water partition coefficient (Wildman–Crippen LogP) is 1.28. The Morgan fingerprint density at radius 3 is 3.21 bits per heavy atom. The van der Waals surface area contributed by atoms with Gasteiger partial charge in [0.25, 0.3) is 0 Å². The van der Waals surface area contributed by atoms with E-state index in [2.05, 4.69) is 20.1 Å². The van der Waals surface area contributed by atoms with Gasteiger partial charge in [0.2, 0.25) is 11.7 Å². The molecule has 4 rings (SSSR count). The minimum atomic E-state index is 0.210. The van der Waals surface area contributed by atoms with Crippen molar-refractivity contribution >= 4 is 5.65 Å². The molecule has 7 nitrogen and oxygen atoms in total.